The van der Waals surface area contributed by atoms with Gasteiger partial charge >= 0.3 is 0 Å². The minimum atomic E-state index is -0.787. The third-order valence-corrected chi connectivity index (χ3v) is 7.68. The number of likely N-dealkylation sites (N-methyl/N-ethyl adjacent to an activating group) is 1. The maximum Gasteiger partial charge on any atom is 0.300 e. The van der Waals surface area contributed by atoms with Crippen molar-refractivity contribution in [3.63, 3.8) is 0 Å². The lowest BCUT2D eigenvalue weighted by Crippen LogP contribution is -2.44. The van der Waals surface area contributed by atoms with Crippen LogP contribution in [0.25, 0.3) is 5.76 Å². The number of rotatable bonds is 5. The number of carbonyl (C=O) groups excluding carboxylic acids is 2. The van der Waals surface area contributed by atoms with Gasteiger partial charge in [-0.2, -0.15) is 0 Å². The molecule has 202 valence electrons. The molecule has 0 spiro atoms. The molecule has 39 heavy (non-hydrogen) atoms. The molecule has 3 aromatic rings. The Balaban J connectivity index is 1.63. The molecule has 3 aromatic carbocycles. The first-order valence-electron chi connectivity index (χ1n) is 13.3. The smallest absolute Gasteiger partial charge is 0.300 e. The van der Waals surface area contributed by atoms with E-state index in [-0.39, 0.29) is 11.3 Å². The van der Waals surface area contributed by atoms with Crippen molar-refractivity contribution >= 4 is 28.8 Å². The number of aryl methyl sites for hydroxylation is 3. The van der Waals surface area contributed by atoms with Gasteiger partial charge < -0.3 is 19.6 Å². The molecule has 2 aliphatic rings. The average Bonchev–Trinajstić information content (AvgIpc) is 3.18. The molecule has 1 amide bonds. The summed E-state index contributed by atoms with van der Waals surface area (Å²) in [7, 11) is 3.66. The Bertz CT molecular complexity index is 1450. The van der Waals surface area contributed by atoms with Gasteiger partial charge in [-0.15, -0.1) is 0 Å². The van der Waals surface area contributed by atoms with Crippen LogP contribution in [-0.4, -0.2) is 62.0 Å². The van der Waals surface area contributed by atoms with Crippen LogP contribution in [0.2, 0.25) is 0 Å². The van der Waals surface area contributed by atoms with Crippen molar-refractivity contribution in [1.82, 2.24) is 4.90 Å². The minimum Gasteiger partial charge on any atom is -0.507 e. The molecule has 2 fully saturated rings. The van der Waals surface area contributed by atoms with Gasteiger partial charge in [0.05, 0.1) is 24.3 Å². The van der Waals surface area contributed by atoms with E-state index in [4.69, 9.17) is 4.74 Å². The van der Waals surface area contributed by atoms with Crippen molar-refractivity contribution < 1.29 is 19.4 Å². The van der Waals surface area contributed by atoms with Crippen molar-refractivity contribution in [3.8, 4) is 5.75 Å². The second-order valence-electron chi connectivity index (χ2n) is 10.6. The Morgan fingerprint density at radius 3 is 2.18 bits per heavy atom. The van der Waals surface area contributed by atoms with Gasteiger partial charge in [-0.3, -0.25) is 14.5 Å². The van der Waals surface area contributed by atoms with E-state index in [2.05, 4.69) is 16.8 Å². The average molecular weight is 526 g/mol. The normalized spacial score (nSPS) is 19.6. The van der Waals surface area contributed by atoms with Gasteiger partial charge in [0, 0.05) is 37.6 Å². The van der Waals surface area contributed by atoms with Crippen LogP contribution in [0.5, 0.6) is 5.75 Å². The Morgan fingerprint density at radius 2 is 1.54 bits per heavy atom. The number of ether oxygens (including phenoxy) is 1. The van der Waals surface area contributed by atoms with Crippen LogP contribution in [-0.2, 0) is 9.59 Å². The van der Waals surface area contributed by atoms with Gasteiger partial charge in [0.15, 0.2) is 0 Å². The summed E-state index contributed by atoms with van der Waals surface area (Å²) in [6.07, 6.45) is 0. The van der Waals surface area contributed by atoms with E-state index < -0.39 is 17.7 Å². The molecule has 2 saturated heterocycles. The molecule has 1 N–H and O–H groups in total. The van der Waals surface area contributed by atoms with E-state index >= 15 is 0 Å². The molecule has 1 unspecified atom stereocenters. The molecule has 1 atom stereocenters. The zero-order valence-corrected chi connectivity index (χ0v) is 23.2. The summed E-state index contributed by atoms with van der Waals surface area (Å²) < 4.78 is 5.61. The van der Waals surface area contributed by atoms with E-state index in [1.807, 2.05) is 75.4 Å². The lowest BCUT2D eigenvalue weighted by Gasteiger charge is -2.34. The summed E-state index contributed by atoms with van der Waals surface area (Å²) in [5.41, 5.74) is 5.63. The van der Waals surface area contributed by atoms with Crippen molar-refractivity contribution in [1.29, 1.82) is 0 Å². The number of nitrogens with zero attached hydrogens (tertiary/aromatic N) is 3. The van der Waals surface area contributed by atoms with Crippen LogP contribution in [0.15, 0.2) is 66.2 Å². The SMILES string of the molecule is COc1c(C)cc(C)cc1/C(O)=C1\C(=O)C(=O)N(c2ccc(N3CCN(C)CC3)cc2)C1c1cccc(C)c1. The second-order valence-corrected chi connectivity index (χ2v) is 10.6. The van der Waals surface area contributed by atoms with Crippen LogP contribution in [0, 0.1) is 20.8 Å². The van der Waals surface area contributed by atoms with E-state index in [1.165, 1.54) is 12.0 Å². The number of hydrogen-bond donors (Lipinski definition) is 1. The van der Waals surface area contributed by atoms with Gasteiger partial charge in [-0.25, -0.2) is 0 Å². The highest BCUT2D eigenvalue weighted by Crippen LogP contribution is 2.44. The molecule has 2 aliphatic heterocycles. The summed E-state index contributed by atoms with van der Waals surface area (Å²) >= 11 is 0. The number of carbonyl (C=O) groups is 2. The van der Waals surface area contributed by atoms with Gasteiger partial charge in [0.2, 0.25) is 0 Å². The van der Waals surface area contributed by atoms with Gasteiger partial charge in [-0.1, -0.05) is 35.9 Å². The van der Waals surface area contributed by atoms with Crippen molar-refractivity contribution in [3.05, 3.63) is 94.1 Å². The number of hydrogen-bond acceptors (Lipinski definition) is 6. The predicted molar refractivity (Wildman–Crippen MR) is 155 cm³/mol. The molecule has 0 bridgehead atoms. The quantitative estimate of drug-likeness (QED) is 0.287. The Morgan fingerprint density at radius 1 is 0.872 bits per heavy atom. The summed E-state index contributed by atoms with van der Waals surface area (Å²) in [4.78, 5) is 33.4. The Kier molecular flexibility index (Phi) is 7.19. The zero-order valence-electron chi connectivity index (χ0n) is 23.2. The van der Waals surface area contributed by atoms with Crippen LogP contribution in [0.4, 0.5) is 11.4 Å². The number of aliphatic hydroxyl groups is 1. The first-order valence-corrected chi connectivity index (χ1v) is 13.3. The number of aliphatic hydroxyl groups excluding tert-OH is 1. The number of methoxy groups -OCH3 is 1. The highest BCUT2D eigenvalue weighted by Gasteiger charge is 2.47. The van der Waals surface area contributed by atoms with E-state index in [9.17, 15) is 14.7 Å². The molecule has 7 heteroatoms. The minimum absolute atomic E-state index is 0.0528. The fourth-order valence-corrected chi connectivity index (χ4v) is 5.69. The monoisotopic (exact) mass is 525 g/mol. The number of ketones is 1. The molecular formula is C32H35N3O4. The third-order valence-electron chi connectivity index (χ3n) is 7.68. The third kappa shape index (κ3) is 4.90. The number of Topliss-reactive ketones (excluding diaryl/α,β-unsaturated/α-hetero) is 1. The summed E-state index contributed by atoms with van der Waals surface area (Å²) in [5.74, 6) is -1.15. The first kappa shape index (κ1) is 26.5. The molecule has 0 saturated carbocycles. The molecule has 2 heterocycles. The standard InChI is InChI=1S/C32H35N3O4/c1-20-7-6-8-23(18-20)28-27(29(36)26-19-21(2)17-22(3)31(26)39-5)30(37)32(38)35(28)25-11-9-24(10-12-25)34-15-13-33(4)14-16-34/h6-12,17-19,28,36H,13-16H2,1-5H3/b29-27+. The predicted octanol–water partition coefficient (Wildman–Crippen LogP) is 5.00. The number of amides is 1. The highest BCUT2D eigenvalue weighted by atomic mass is 16.5. The van der Waals surface area contributed by atoms with Crippen LogP contribution in [0.3, 0.4) is 0 Å². The molecule has 0 radical (unpaired) electrons. The van der Waals surface area contributed by atoms with Crippen molar-refractivity contribution in [2.75, 3.05) is 50.1 Å². The molecule has 0 aromatic heterocycles. The van der Waals surface area contributed by atoms with Crippen molar-refractivity contribution in [2.24, 2.45) is 0 Å². The fourth-order valence-electron chi connectivity index (χ4n) is 5.69. The summed E-state index contributed by atoms with van der Waals surface area (Å²) in [5, 5.41) is 11.7. The molecule has 5 rings (SSSR count). The van der Waals surface area contributed by atoms with Gasteiger partial charge in [-0.05, 0) is 74.8 Å². The van der Waals surface area contributed by atoms with E-state index in [1.54, 1.807) is 6.07 Å². The molecule has 7 nitrogen and oxygen atoms in total. The Hall–Kier alpha value is -4.10. The first-order chi connectivity index (χ1) is 18.7. The summed E-state index contributed by atoms with van der Waals surface area (Å²) in [6.45, 7) is 9.62. The highest BCUT2D eigenvalue weighted by molar-refractivity contribution is 6.51. The van der Waals surface area contributed by atoms with Crippen LogP contribution < -0.4 is 14.5 Å². The van der Waals surface area contributed by atoms with Crippen molar-refractivity contribution in [2.45, 2.75) is 26.8 Å². The van der Waals surface area contributed by atoms with Gasteiger partial charge in [0.25, 0.3) is 11.7 Å². The largest absolute Gasteiger partial charge is 0.507 e. The zero-order chi connectivity index (χ0) is 27.8. The maximum atomic E-state index is 13.6. The van der Waals surface area contributed by atoms with Gasteiger partial charge in [0.1, 0.15) is 11.5 Å². The van der Waals surface area contributed by atoms with E-state index in [0.717, 1.165) is 54.1 Å². The topological polar surface area (TPSA) is 73.3 Å². The Labute approximate surface area is 229 Å². The fraction of sp³-hybridized carbons (Fsp3) is 0.312. The van der Waals surface area contributed by atoms with E-state index in [0.29, 0.717) is 17.0 Å². The van der Waals surface area contributed by atoms with Crippen LogP contribution >= 0.6 is 0 Å². The lowest BCUT2D eigenvalue weighted by molar-refractivity contribution is -0.132. The number of piperazine rings is 1. The molecule has 0 aliphatic carbocycles. The maximum absolute atomic E-state index is 13.6. The lowest BCUT2D eigenvalue weighted by atomic mass is 9.93. The van der Waals surface area contributed by atoms with Crippen LogP contribution in [0.1, 0.15) is 33.9 Å². The number of benzene rings is 3. The summed E-state index contributed by atoms with van der Waals surface area (Å²) in [6, 6.07) is 18.4. The number of anilines is 2. The second kappa shape index (κ2) is 10.6. The molecular weight excluding hydrogens is 490 g/mol.